The first-order valence-electron chi connectivity index (χ1n) is 5.43. The standard InChI is InChI=1S/C13H8N4OS/c14-6-8-1-2-11(10(15)5-8)18-12-9-3-4-19-13(9)17-7-16-12/h1-5,7H,15H2. The maximum absolute atomic E-state index is 8.79. The van der Waals surface area contributed by atoms with E-state index in [4.69, 9.17) is 15.7 Å². The van der Waals surface area contributed by atoms with Crippen molar-refractivity contribution in [3.63, 3.8) is 0 Å². The number of benzene rings is 1. The Morgan fingerprint density at radius 3 is 2.95 bits per heavy atom. The van der Waals surface area contributed by atoms with Gasteiger partial charge in [0.15, 0.2) is 5.75 Å². The van der Waals surface area contributed by atoms with E-state index in [0.29, 0.717) is 22.9 Å². The van der Waals surface area contributed by atoms with Crippen LogP contribution in [0.5, 0.6) is 11.6 Å². The van der Waals surface area contributed by atoms with E-state index in [1.807, 2.05) is 17.5 Å². The Bertz CT molecular complexity index is 791. The predicted molar refractivity (Wildman–Crippen MR) is 73.1 cm³/mol. The zero-order valence-electron chi connectivity index (χ0n) is 9.70. The Morgan fingerprint density at radius 1 is 1.26 bits per heavy atom. The van der Waals surface area contributed by atoms with E-state index in [9.17, 15) is 0 Å². The van der Waals surface area contributed by atoms with E-state index in [1.54, 1.807) is 18.2 Å². The Hall–Kier alpha value is -2.65. The average Bonchev–Trinajstić information content (AvgIpc) is 2.90. The monoisotopic (exact) mass is 268 g/mol. The van der Waals surface area contributed by atoms with Crippen molar-refractivity contribution in [2.45, 2.75) is 0 Å². The third-order valence-corrected chi connectivity index (χ3v) is 3.39. The first kappa shape index (κ1) is 11.4. The summed E-state index contributed by atoms with van der Waals surface area (Å²) in [4.78, 5) is 9.12. The van der Waals surface area contributed by atoms with Gasteiger partial charge in [-0.2, -0.15) is 5.26 Å². The van der Waals surface area contributed by atoms with Crippen molar-refractivity contribution in [1.82, 2.24) is 9.97 Å². The molecule has 6 heteroatoms. The number of hydrogen-bond acceptors (Lipinski definition) is 6. The number of nitrogens with zero attached hydrogens (tertiary/aromatic N) is 3. The van der Waals surface area contributed by atoms with E-state index in [1.165, 1.54) is 17.7 Å². The molecule has 2 aromatic heterocycles. The van der Waals surface area contributed by atoms with Gasteiger partial charge in [0, 0.05) is 0 Å². The van der Waals surface area contributed by atoms with Gasteiger partial charge in [-0.15, -0.1) is 11.3 Å². The third-order valence-electron chi connectivity index (χ3n) is 2.57. The summed E-state index contributed by atoms with van der Waals surface area (Å²) in [5.41, 5.74) is 6.74. The highest BCUT2D eigenvalue weighted by molar-refractivity contribution is 7.16. The molecule has 2 N–H and O–H groups in total. The van der Waals surface area contributed by atoms with Crippen LogP contribution in [0.25, 0.3) is 10.2 Å². The molecule has 5 nitrogen and oxygen atoms in total. The Morgan fingerprint density at radius 2 is 2.16 bits per heavy atom. The van der Waals surface area contributed by atoms with E-state index < -0.39 is 0 Å². The Balaban J connectivity index is 2.02. The van der Waals surface area contributed by atoms with Gasteiger partial charge in [0.05, 0.1) is 22.7 Å². The average molecular weight is 268 g/mol. The van der Waals surface area contributed by atoms with Crippen molar-refractivity contribution in [3.05, 3.63) is 41.5 Å². The SMILES string of the molecule is N#Cc1ccc(Oc2ncnc3sccc23)c(N)c1. The summed E-state index contributed by atoms with van der Waals surface area (Å²) in [5, 5.41) is 11.6. The first-order chi connectivity index (χ1) is 9.28. The maximum Gasteiger partial charge on any atom is 0.231 e. The van der Waals surface area contributed by atoms with Gasteiger partial charge in [0.25, 0.3) is 0 Å². The molecule has 2 heterocycles. The summed E-state index contributed by atoms with van der Waals surface area (Å²) in [6.07, 6.45) is 1.45. The molecule has 3 aromatic rings. The fraction of sp³-hybridized carbons (Fsp3) is 0. The summed E-state index contributed by atoms with van der Waals surface area (Å²) in [6.45, 7) is 0. The number of fused-ring (bicyclic) bond motifs is 1. The van der Waals surface area contributed by atoms with Gasteiger partial charge in [0.1, 0.15) is 11.2 Å². The number of nitrogen functional groups attached to an aromatic ring is 1. The maximum atomic E-state index is 8.79. The zero-order valence-corrected chi connectivity index (χ0v) is 10.5. The molecule has 0 aliphatic rings. The molecule has 0 amide bonds. The molecule has 0 atom stereocenters. The van der Waals surface area contributed by atoms with E-state index in [-0.39, 0.29) is 0 Å². The lowest BCUT2D eigenvalue weighted by molar-refractivity contribution is 0.470. The van der Waals surface area contributed by atoms with Gasteiger partial charge in [-0.25, -0.2) is 9.97 Å². The van der Waals surface area contributed by atoms with Crippen molar-refractivity contribution in [3.8, 4) is 17.7 Å². The van der Waals surface area contributed by atoms with E-state index >= 15 is 0 Å². The van der Waals surface area contributed by atoms with Gasteiger partial charge in [-0.1, -0.05) is 0 Å². The zero-order chi connectivity index (χ0) is 13.2. The first-order valence-corrected chi connectivity index (χ1v) is 6.31. The molecule has 0 fully saturated rings. The van der Waals surface area contributed by atoms with Gasteiger partial charge < -0.3 is 10.5 Å². The van der Waals surface area contributed by atoms with Crippen LogP contribution in [0.15, 0.2) is 36.0 Å². The largest absolute Gasteiger partial charge is 0.436 e. The highest BCUT2D eigenvalue weighted by Gasteiger charge is 2.09. The number of nitriles is 1. The number of rotatable bonds is 2. The fourth-order valence-electron chi connectivity index (χ4n) is 1.66. The third kappa shape index (κ3) is 2.07. The number of hydrogen-bond donors (Lipinski definition) is 1. The Kier molecular flexibility index (Phi) is 2.74. The lowest BCUT2D eigenvalue weighted by Gasteiger charge is -2.08. The second-order valence-corrected chi connectivity index (χ2v) is 4.68. The van der Waals surface area contributed by atoms with Crippen molar-refractivity contribution < 1.29 is 4.74 Å². The molecule has 0 saturated heterocycles. The molecular weight excluding hydrogens is 260 g/mol. The molecule has 0 bridgehead atoms. The predicted octanol–water partition coefficient (Wildman–Crippen LogP) is 2.94. The molecule has 0 aliphatic heterocycles. The number of ether oxygens (including phenoxy) is 1. The number of anilines is 1. The number of nitrogens with two attached hydrogens (primary N) is 1. The van der Waals surface area contributed by atoms with Crippen LogP contribution < -0.4 is 10.5 Å². The van der Waals surface area contributed by atoms with Crippen molar-refractivity contribution in [2.24, 2.45) is 0 Å². The normalized spacial score (nSPS) is 10.3. The van der Waals surface area contributed by atoms with Crippen LogP contribution in [-0.4, -0.2) is 9.97 Å². The van der Waals surface area contributed by atoms with Gasteiger partial charge in [-0.3, -0.25) is 0 Å². The quantitative estimate of drug-likeness (QED) is 0.722. The Labute approximate surface area is 112 Å². The van der Waals surface area contributed by atoms with Gasteiger partial charge in [0.2, 0.25) is 5.88 Å². The van der Waals surface area contributed by atoms with Crippen LogP contribution in [0.3, 0.4) is 0 Å². The smallest absolute Gasteiger partial charge is 0.231 e. The van der Waals surface area contributed by atoms with Crippen LogP contribution >= 0.6 is 11.3 Å². The molecule has 0 unspecified atom stereocenters. The second kappa shape index (κ2) is 4.55. The van der Waals surface area contributed by atoms with Crippen LogP contribution in [0.2, 0.25) is 0 Å². The van der Waals surface area contributed by atoms with Crippen molar-refractivity contribution in [1.29, 1.82) is 5.26 Å². The molecule has 3 rings (SSSR count). The summed E-state index contributed by atoms with van der Waals surface area (Å²) in [5.74, 6) is 0.938. The highest BCUT2D eigenvalue weighted by atomic mass is 32.1. The van der Waals surface area contributed by atoms with E-state index in [2.05, 4.69) is 9.97 Å². The van der Waals surface area contributed by atoms with Crippen LogP contribution in [-0.2, 0) is 0 Å². The summed E-state index contributed by atoms with van der Waals surface area (Å²) in [7, 11) is 0. The molecular formula is C13H8N4OS. The van der Waals surface area contributed by atoms with Gasteiger partial charge >= 0.3 is 0 Å². The van der Waals surface area contributed by atoms with Crippen LogP contribution in [0.1, 0.15) is 5.56 Å². The van der Waals surface area contributed by atoms with Gasteiger partial charge in [-0.05, 0) is 29.6 Å². The lowest BCUT2D eigenvalue weighted by atomic mass is 10.2. The molecule has 19 heavy (non-hydrogen) atoms. The lowest BCUT2D eigenvalue weighted by Crippen LogP contribution is -1.95. The topological polar surface area (TPSA) is 84.8 Å². The number of thiophene rings is 1. The summed E-state index contributed by atoms with van der Waals surface area (Å²) >= 11 is 1.52. The second-order valence-electron chi connectivity index (χ2n) is 3.78. The molecule has 0 radical (unpaired) electrons. The van der Waals surface area contributed by atoms with Crippen molar-refractivity contribution in [2.75, 3.05) is 5.73 Å². The fourth-order valence-corrected chi connectivity index (χ4v) is 2.39. The molecule has 0 saturated carbocycles. The van der Waals surface area contributed by atoms with Crippen LogP contribution in [0, 0.1) is 11.3 Å². The minimum atomic E-state index is 0.404. The highest BCUT2D eigenvalue weighted by Crippen LogP contribution is 2.32. The van der Waals surface area contributed by atoms with E-state index in [0.717, 1.165) is 10.2 Å². The molecule has 92 valence electrons. The number of aromatic nitrogens is 2. The summed E-state index contributed by atoms with van der Waals surface area (Å²) < 4.78 is 5.70. The van der Waals surface area contributed by atoms with Crippen LogP contribution in [0.4, 0.5) is 5.69 Å². The minimum Gasteiger partial charge on any atom is -0.436 e. The minimum absolute atomic E-state index is 0.404. The summed E-state index contributed by atoms with van der Waals surface area (Å²) in [6, 6.07) is 8.81. The molecule has 0 aliphatic carbocycles. The molecule has 1 aromatic carbocycles. The van der Waals surface area contributed by atoms with Crippen molar-refractivity contribution >= 4 is 27.2 Å². The molecule has 0 spiro atoms.